The van der Waals surface area contributed by atoms with Gasteiger partial charge in [0.25, 0.3) is 5.91 Å². The maximum Gasteiger partial charge on any atom is 0.254 e. The van der Waals surface area contributed by atoms with E-state index >= 15 is 0 Å². The summed E-state index contributed by atoms with van der Waals surface area (Å²) in [5.41, 5.74) is 0.851. The molecule has 0 aromatic carbocycles. The van der Waals surface area contributed by atoms with Crippen molar-refractivity contribution in [3.63, 3.8) is 0 Å². The van der Waals surface area contributed by atoms with Gasteiger partial charge in [-0.15, -0.1) is 11.3 Å². The van der Waals surface area contributed by atoms with Crippen LogP contribution in [0.1, 0.15) is 30.6 Å². The van der Waals surface area contributed by atoms with Gasteiger partial charge in [0.1, 0.15) is 0 Å². The number of carbonyl (C=O) groups is 1. The molecule has 1 aliphatic rings. The number of thioether (sulfide) groups is 1. The molecular formula is C12H16INOS2. The number of halogens is 1. The third-order valence-corrected chi connectivity index (χ3v) is 6.10. The van der Waals surface area contributed by atoms with Crippen molar-refractivity contribution in [1.29, 1.82) is 0 Å². The molecule has 1 aliphatic heterocycles. The number of nitrogens with zero attached hydrogens (tertiary/aromatic N) is 1. The molecule has 0 aliphatic carbocycles. The number of hydrogen-bond acceptors (Lipinski definition) is 3. The molecule has 0 unspecified atom stereocenters. The Morgan fingerprint density at radius 2 is 2.24 bits per heavy atom. The van der Waals surface area contributed by atoms with Gasteiger partial charge in [0, 0.05) is 29.0 Å². The van der Waals surface area contributed by atoms with E-state index in [1.165, 1.54) is 2.88 Å². The highest BCUT2D eigenvalue weighted by Gasteiger charge is 2.26. The quantitative estimate of drug-likeness (QED) is 0.692. The van der Waals surface area contributed by atoms with Gasteiger partial charge in [-0.2, -0.15) is 11.8 Å². The number of amides is 1. The normalized spacial score (nSPS) is 20.1. The molecule has 2 rings (SSSR count). The first-order valence-electron chi connectivity index (χ1n) is 5.65. The molecule has 94 valence electrons. The van der Waals surface area contributed by atoms with E-state index in [-0.39, 0.29) is 5.91 Å². The zero-order valence-electron chi connectivity index (χ0n) is 10.0. The molecule has 0 bridgehead atoms. The highest BCUT2D eigenvalue weighted by Crippen LogP contribution is 2.31. The first kappa shape index (κ1) is 13.7. The molecule has 1 aromatic rings. The van der Waals surface area contributed by atoms with Crippen molar-refractivity contribution < 1.29 is 4.79 Å². The van der Waals surface area contributed by atoms with Crippen LogP contribution >= 0.6 is 45.7 Å². The van der Waals surface area contributed by atoms with Crippen molar-refractivity contribution >= 4 is 51.6 Å². The average molecular weight is 381 g/mol. The average Bonchev–Trinajstić information content (AvgIpc) is 2.60. The Hall–Kier alpha value is 0.250. The monoisotopic (exact) mass is 381 g/mol. The van der Waals surface area contributed by atoms with Gasteiger partial charge in [0.15, 0.2) is 0 Å². The highest BCUT2D eigenvalue weighted by atomic mass is 127. The lowest BCUT2D eigenvalue weighted by Crippen LogP contribution is -2.33. The Balaban J connectivity index is 2.05. The molecule has 0 atom stereocenters. The van der Waals surface area contributed by atoms with Crippen LogP contribution in [0.5, 0.6) is 0 Å². The van der Waals surface area contributed by atoms with E-state index in [4.69, 9.17) is 0 Å². The molecule has 2 nitrogen and oxygen atoms in total. The van der Waals surface area contributed by atoms with Crippen molar-refractivity contribution in [2.75, 3.05) is 18.8 Å². The molecule has 0 spiro atoms. The minimum absolute atomic E-state index is 0.197. The summed E-state index contributed by atoms with van der Waals surface area (Å²) in [6.45, 7) is 6.28. The minimum atomic E-state index is 0.197. The number of carbonyl (C=O) groups excluding carboxylic acids is 1. The van der Waals surface area contributed by atoms with E-state index in [1.807, 2.05) is 28.1 Å². The van der Waals surface area contributed by atoms with Crippen LogP contribution in [0, 0.1) is 2.88 Å². The van der Waals surface area contributed by atoms with E-state index < -0.39 is 0 Å². The molecule has 17 heavy (non-hydrogen) atoms. The Labute approximate surface area is 124 Å². The molecule has 0 N–H and O–H groups in total. The summed E-state index contributed by atoms with van der Waals surface area (Å²) in [5, 5.41) is 1.97. The third kappa shape index (κ3) is 3.61. The third-order valence-electron chi connectivity index (χ3n) is 2.94. The van der Waals surface area contributed by atoms with Crippen LogP contribution in [0.2, 0.25) is 0 Å². The molecule has 1 fully saturated rings. The molecular weight excluding hydrogens is 365 g/mol. The van der Waals surface area contributed by atoms with E-state index in [9.17, 15) is 4.79 Å². The van der Waals surface area contributed by atoms with Crippen molar-refractivity contribution in [3.05, 3.63) is 19.9 Å². The first-order valence-corrected chi connectivity index (χ1v) is 8.60. The van der Waals surface area contributed by atoms with Gasteiger partial charge in [-0.3, -0.25) is 4.79 Å². The van der Waals surface area contributed by atoms with E-state index in [0.29, 0.717) is 4.75 Å². The molecule has 0 radical (unpaired) electrons. The molecule has 1 saturated heterocycles. The topological polar surface area (TPSA) is 20.3 Å². The van der Waals surface area contributed by atoms with Crippen LogP contribution in [-0.4, -0.2) is 34.4 Å². The van der Waals surface area contributed by atoms with Gasteiger partial charge in [0.05, 0.1) is 8.45 Å². The van der Waals surface area contributed by atoms with Gasteiger partial charge in [0.2, 0.25) is 0 Å². The predicted molar refractivity (Wildman–Crippen MR) is 84.1 cm³/mol. The van der Waals surface area contributed by atoms with Crippen LogP contribution in [-0.2, 0) is 0 Å². The summed E-state index contributed by atoms with van der Waals surface area (Å²) in [5.74, 6) is 1.24. The fraction of sp³-hybridized carbons (Fsp3) is 0.583. The lowest BCUT2D eigenvalue weighted by atomic mass is 10.1. The van der Waals surface area contributed by atoms with Crippen LogP contribution in [0.4, 0.5) is 0 Å². The van der Waals surface area contributed by atoms with Crippen molar-refractivity contribution in [1.82, 2.24) is 4.90 Å². The maximum atomic E-state index is 12.3. The fourth-order valence-corrected chi connectivity index (χ4v) is 4.25. The van der Waals surface area contributed by atoms with E-state index in [2.05, 4.69) is 36.4 Å². The Bertz CT molecular complexity index is 416. The fourth-order valence-electron chi connectivity index (χ4n) is 1.83. The minimum Gasteiger partial charge on any atom is -0.338 e. The van der Waals surface area contributed by atoms with Gasteiger partial charge < -0.3 is 4.90 Å². The largest absolute Gasteiger partial charge is 0.338 e. The predicted octanol–water partition coefficient (Wildman–Crippen LogP) is 3.71. The zero-order valence-corrected chi connectivity index (χ0v) is 13.8. The number of hydrogen-bond donors (Lipinski definition) is 0. The maximum absolute atomic E-state index is 12.3. The van der Waals surface area contributed by atoms with Crippen LogP contribution in [0.25, 0.3) is 0 Å². The lowest BCUT2D eigenvalue weighted by molar-refractivity contribution is 0.0765. The second kappa shape index (κ2) is 5.48. The van der Waals surface area contributed by atoms with Crippen molar-refractivity contribution in [2.24, 2.45) is 0 Å². The second-order valence-electron chi connectivity index (χ2n) is 4.79. The second-order valence-corrected chi connectivity index (χ2v) is 9.40. The Morgan fingerprint density at radius 3 is 2.88 bits per heavy atom. The highest BCUT2D eigenvalue weighted by molar-refractivity contribution is 14.1. The Kier molecular flexibility index (Phi) is 4.41. The molecule has 2 heterocycles. The van der Waals surface area contributed by atoms with E-state index in [0.717, 1.165) is 30.8 Å². The Morgan fingerprint density at radius 1 is 1.47 bits per heavy atom. The summed E-state index contributed by atoms with van der Waals surface area (Å²) < 4.78 is 1.48. The smallest absolute Gasteiger partial charge is 0.254 e. The summed E-state index contributed by atoms with van der Waals surface area (Å²) in [6.07, 6.45) is 1.07. The van der Waals surface area contributed by atoms with Crippen molar-refractivity contribution in [3.8, 4) is 0 Å². The zero-order chi connectivity index (χ0) is 12.5. The molecule has 1 aromatic heterocycles. The number of thiophene rings is 1. The number of rotatable bonds is 1. The standard InChI is InChI=1S/C12H16INOS2/c1-12(2)3-4-14(5-6-17-12)11(15)9-7-10(13)16-8-9/h7-8H,3-6H2,1-2H3. The lowest BCUT2D eigenvalue weighted by Gasteiger charge is -2.22. The molecule has 1 amide bonds. The molecule has 5 heteroatoms. The SMILES string of the molecule is CC1(C)CCN(C(=O)c2csc(I)c2)CCS1. The van der Waals surface area contributed by atoms with Crippen LogP contribution in [0.3, 0.4) is 0 Å². The summed E-state index contributed by atoms with van der Waals surface area (Å²) in [6, 6.07) is 1.98. The van der Waals surface area contributed by atoms with E-state index in [1.54, 1.807) is 11.3 Å². The summed E-state index contributed by atoms with van der Waals surface area (Å²) >= 11 is 5.87. The van der Waals surface area contributed by atoms with Crippen molar-refractivity contribution in [2.45, 2.75) is 25.0 Å². The van der Waals surface area contributed by atoms with Gasteiger partial charge in [-0.1, -0.05) is 13.8 Å². The van der Waals surface area contributed by atoms with Crippen LogP contribution in [0.15, 0.2) is 11.4 Å². The summed E-state index contributed by atoms with van der Waals surface area (Å²) in [7, 11) is 0. The van der Waals surface area contributed by atoms with Gasteiger partial charge >= 0.3 is 0 Å². The molecule has 0 saturated carbocycles. The van der Waals surface area contributed by atoms with Gasteiger partial charge in [-0.05, 0) is 35.1 Å². The first-order chi connectivity index (χ1) is 7.98. The van der Waals surface area contributed by atoms with Gasteiger partial charge in [-0.25, -0.2) is 0 Å². The van der Waals surface area contributed by atoms with Crippen LogP contribution < -0.4 is 0 Å². The summed E-state index contributed by atoms with van der Waals surface area (Å²) in [4.78, 5) is 14.3.